The van der Waals surface area contributed by atoms with Gasteiger partial charge in [0.05, 0.1) is 16.8 Å². The Balaban J connectivity index is 1.99. The number of urea groups is 1. The van der Waals surface area contributed by atoms with Crippen LogP contribution in [0.3, 0.4) is 0 Å². The minimum atomic E-state index is -0.323. The number of nitrogens with zero attached hydrogens (tertiary/aromatic N) is 1. The standard InChI is InChI=1S/C19H25ClN4O2S/c1-4-24(5-2)18(14-8-9-27-12-14)11-21-19(26)23-17-7-6-15(10-16(17)20)22-13(3)25/h6-10,12,18H,4-5,11H2,1-3H3,(H,22,25)(H2,21,23,26). The largest absolute Gasteiger partial charge is 0.336 e. The van der Waals surface area contributed by atoms with Crippen LogP contribution in [0.5, 0.6) is 0 Å². The van der Waals surface area contributed by atoms with E-state index in [9.17, 15) is 9.59 Å². The molecule has 3 N–H and O–H groups in total. The summed E-state index contributed by atoms with van der Waals surface area (Å²) >= 11 is 7.84. The summed E-state index contributed by atoms with van der Waals surface area (Å²) in [6.45, 7) is 7.94. The van der Waals surface area contributed by atoms with Crippen molar-refractivity contribution in [1.29, 1.82) is 0 Å². The third kappa shape index (κ3) is 6.23. The van der Waals surface area contributed by atoms with E-state index in [1.807, 2.05) is 5.38 Å². The first-order valence-electron chi connectivity index (χ1n) is 8.82. The number of benzene rings is 1. The minimum Gasteiger partial charge on any atom is -0.336 e. The number of rotatable bonds is 8. The maximum absolute atomic E-state index is 12.3. The number of nitrogens with one attached hydrogen (secondary N) is 3. The van der Waals surface area contributed by atoms with Crippen molar-refractivity contribution in [3.63, 3.8) is 0 Å². The van der Waals surface area contributed by atoms with Gasteiger partial charge in [-0.3, -0.25) is 9.69 Å². The fourth-order valence-electron chi connectivity index (χ4n) is 2.84. The van der Waals surface area contributed by atoms with E-state index in [0.717, 1.165) is 13.1 Å². The molecular formula is C19H25ClN4O2S. The number of carbonyl (C=O) groups is 2. The normalized spacial score (nSPS) is 11.9. The highest BCUT2D eigenvalue weighted by Gasteiger charge is 2.19. The molecule has 0 radical (unpaired) electrons. The summed E-state index contributed by atoms with van der Waals surface area (Å²) in [4.78, 5) is 25.7. The second kappa shape index (κ2) is 10.3. The van der Waals surface area contributed by atoms with Gasteiger partial charge in [-0.15, -0.1) is 0 Å². The number of likely N-dealkylation sites (N-methyl/N-ethyl adjacent to an activating group) is 1. The monoisotopic (exact) mass is 408 g/mol. The molecule has 0 aliphatic rings. The first-order chi connectivity index (χ1) is 12.9. The summed E-state index contributed by atoms with van der Waals surface area (Å²) in [7, 11) is 0. The molecule has 0 saturated carbocycles. The Morgan fingerprint density at radius 3 is 2.48 bits per heavy atom. The third-order valence-corrected chi connectivity index (χ3v) is 5.19. The molecular weight excluding hydrogens is 384 g/mol. The predicted octanol–water partition coefficient (Wildman–Crippen LogP) is 4.56. The zero-order valence-electron chi connectivity index (χ0n) is 15.7. The van der Waals surface area contributed by atoms with Crippen molar-refractivity contribution >= 4 is 46.3 Å². The van der Waals surface area contributed by atoms with Gasteiger partial charge in [0, 0.05) is 19.2 Å². The van der Waals surface area contributed by atoms with Gasteiger partial charge < -0.3 is 16.0 Å². The van der Waals surface area contributed by atoms with Gasteiger partial charge >= 0.3 is 6.03 Å². The van der Waals surface area contributed by atoms with Crippen molar-refractivity contribution in [1.82, 2.24) is 10.2 Å². The van der Waals surface area contributed by atoms with Crippen LogP contribution in [-0.4, -0.2) is 36.5 Å². The van der Waals surface area contributed by atoms with E-state index in [2.05, 4.69) is 46.1 Å². The van der Waals surface area contributed by atoms with Crippen LogP contribution in [0, 0.1) is 0 Å². The number of hydrogen-bond acceptors (Lipinski definition) is 4. The molecule has 1 aromatic carbocycles. The van der Waals surface area contributed by atoms with Crippen molar-refractivity contribution in [3.05, 3.63) is 45.6 Å². The molecule has 3 amide bonds. The van der Waals surface area contributed by atoms with Crippen LogP contribution in [0.2, 0.25) is 5.02 Å². The van der Waals surface area contributed by atoms with Crippen LogP contribution in [0.1, 0.15) is 32.4 Å². The van der Waals surface area contributed by atoms with Gasteiger partial charge in [0.1, 0.15) is 0 Å². The SMILES string of the molecule is CCN(CC)C(CNC(=O)Nc1ccc(NC(C)=O)cc1Cl)c1ccsc1. The molecule has 1 unspecified atom stereocenters. The molecule has 8 heteroatoms. The smallest absolute Gasteiger partial charge is 0.319 e. The van der Waals surface area contributed by atoms with E-state index >= 15 is 0 Å². The second-order valence-corrected chi connectivity index (χ2v) is 7.19. The van der Waals surface area contributed by atoms with Gasteiger partial charge in [-0.05, 0) is 53.7 Å². The summed E-state index contributed by atoms with van der Waals surface area (Å²) in [5.74, 6) is -0.180. The van der Waals surface area contributed by atoms with Crippen molar-refractivity contribution in [3.8, 4) is 0 Å². The van der Waals surface area contributed by atoms with Crippen molar-refractivity contribution < 1.29 is 9.59 Å². The predicted molar refractivity (Wildman–Crippen MR) is 113 cm³/mol. The fraction of sp³-hybridized carbons (Fsp3) is 0.368. The molecule has 6 nitrogen and oxygen atoms in total. The van der Waals surface area contributed by atoms with Crippen LogP contribution in [-0.2, 0) is 4.79 Å². The molecule has 0 aliphatic heterocycles. The van der Waals surface area contributed by atoms with Crippen LogP contribution in [0.4, 0.5) is 16.2 Å². The Kier molecular flexibility index (Phi) is 8.09. The van der Waals surface area contributed by atoms with E-state index in [1.165, 1.54) is 12.5 Å². The lowest BCUT2D eigenvalue weighted by Gasteiger charge is -2.29. The molecule has 1 heterocycles. The van der Waals surface area contributed by atoms with Gasteiger partial charge in [0.15, 0.2) is 0 Å². The van der Waals surface area contributed by atoms with Gasteiger partial charge in [0.2, 0.25) is 5.91 Å². The minimum absolute atomic E-state index is 0.120. The van der Waals surface area contributed by atoms with Crippen LogP contribution < -0.4 is 16.0 Å². The molecule has 1 atom stereocenters. The molecule has 0 spiro atoms. The number of hydrogen-bond donors (Lipinski definition) is 3. The van der Waals surface area contributed by atoms with Gasteiger partial charge in [-0.25, -0.2) is 4.79 Å². The molecule has 146 valence electrons. The molecule has 2 rings (SSSR count). The highest BCUT2D eigenvalue weighted by atomic mass is 35.5. The molecule has 1 aromatic heterocycles. The van der Waals surface area contributed by atoms with Crippen molar-refractivity contribution in [2.45, 2.75) is 26.8 Å². The van der Waals surface area contributed by atoms with Gasteiger partial charge in [0.25, 0.3) is 0 Å². The highest BCUT2D eigenvalue weighted by molar-refractivity contribution is 7.08. The number of anilines is 2. The number of thiophene rings is 1. The highest BCUT2D eigenvalue weighted by Crippen LogP contribution is 2.26. The molecule has 0 aliphatic carbocycles. The molecule has 0 saturated heterocycles. The van der Waals surface area contributed by atoms with Crippen LogP contribution >= 0.6 is 22.9 Å². The summed E-state index contributed by atoms with van der Waals surface area (Å²) < 4.78 is 0. The fourth-order valence-corrected chi connectivity index (χ4v) is 3.77. The average molecular weight is 409 g/mol. The lowest BCUT2D eigenvalue weighted by atomic mass is 10.1. The van der Waals surface area contributed by atoms with Crippen LogP contribution in [0.25, 0.3) is 0 Å². The second-order valence-electron chi connectivity index (χ2n) is 6.00. The number of amides is 3. The topological polar surface area (TPSA) is 73.5 Å². The summed E-state index contributed by atoms with van der Waals surface area (Å²) in [5, 5.41) is 12.8. The number of carbonyl (C=O) groups excluding carboxylic acids is 2. The molecule has 27 heavy (non-hydrogen) atoms. The summed E-state index contributed by atoms with van der Waals surface area (Å²) in [5.41, 5.74) is 2.26. The lowest BCUT2D eigenvalue weighted by Crippen LogP contribution is -2.39. The van der Waals surface area contributed by atoms with Crippen molar-refractivity contribution in [2.75, 3.05) is 30.3 Å². The third-order valence-electron chi connectivity index (χ3n) is 4.17. The lowest BCUT2D eigenvalue weighted by molar-refractivity contribution is -0.114. The van der Waals surface area contributed by atoms with E-state index in [-0.39, 0.29) is 18.0 Å². The zero-order chi connectivity index (χ0) is 19.8. The van der Waals surface area contributed by atoms with Crippen molar-refractivity contribution in [2.24, 2.45) is 0 Å². The van der Waals surface area contributed by atoms with Gasteiger partial charge in [-0.1, -0.05) is 25.4 Å². The Labute approximate surface area is 168 Å². The Morgan fingerprint density at radius 1 is 1.19 bits per heavy atom. The summed E-state index contributed by atoms with van der Waals surface area (Å²) in [6.07, 6.45) is 0. The van der Waals surface area contributed by atoms with E-state index < -0.39 is 0 Å². The molecule has 2 aromatic rings. The Hall–Kier alpha value is -2.09. The molecule has 0 fully saturated rings. The first kappa shape index (κ1) is 21.2. The van der Waals surface area contributed by atoms with E-state index in [0.29, 0.717) is 22.9 Å². The number of halogens is 1. The molecule has 0 bridgehead atoms. The van der Waals surface area contributed by atoms with Crippen LogP contribution in [0.15, 0.2) is 35.0 Å². The quantitative estimate of drug-likeness (QED) is 0.599. The zero-order valence-corrected chi connectivity index (χ0v) is 17.3. The Bertz CT molecular complexity index is 763. The van der Waals surface area contributed by atoms with E-state index in [1.54, 1.807) is 29.5 Å². The van der Waals surface area contributed by atoms with E-state index in [4.69, 9.17) is 11.6 Å². The van der Waals surface area contributed by atoms with Gasteiger partial charge in [-0.2, -0.15) is 11.3 Å². The average Bonchev–Trinajstić information content (AvgIpc) is 3.14. The summed E-state index contributed by atoms with van der Waals surface area (Å²) in [6, 6.07) is 6.83. The maximum Gasteiger partial charge on any atom is 0.319 e. The Morgan fingerprint density at radius 2 is 1.93 bits per heavy atom. The first-order valence-corrected chi connectivity index (χ1v) is 10.1. The maximum atomic E-state index is 12.3.